The lowest BCUT2D eigenvalue weighted by molar-refractivity contribution is -0.141. The molecule has 7 nitrogen and oxygen atoms in total. The molecule has 0 saturated heterocycles. The molecule has 0 unspecified atom stereocenters. The van der Waals surface area contributed by atoms with Crippen molar-refractivity contribution in [3.8, 4) is 17.2 Å². The second-order valence-electron chi connectivity index (χ2n) is 6.35. The Labute approximate surface area is 159 Å². The number of alkyl halides is 3. The summed E-state index contributed by atoms with van der Waals surface area (Å²) < 4.78 is 55.7. The van der Waals surface area contributed by atoms with Gasteiger partial charge in [-0.05, 0) is 18.9 Å². The first-order chi connectivity index (χ1) is 13.3. The van der Waals surface area contributed by atoms with Gasteiger partial charge in [0, 0.05) is 29.4 Å². The van der Waals surface area contributed by atoms with E-state index in [0.717, 1.165) is 23.6 Å². The fourth-order valence-electron chi connectivity index (χ4n) is 2.89. The van der Waals surface area contributed by atoms with Crippen molar-refractivity contribution in [3.05, 3.63) is 29.6 Å². The molecule has 0 radical (unpaired) electrons. The zero-order chi connectivity index (χ0) is 20.5. The van der Waals surface area contributed by atoms with Gasteiger partial charge in [0.15, 0.2) is 17.2 Å². The second-order valence-corrected chi connectivity index (χ2v) is 6.35. The van der Waals surface area contributed by atoms with Crippen LogP contribution >= 0.6 is 0 Å². The van der Waals surface area contributed by atoms with E-state index in [2.05, 4.69) is 10.4 Å². The van der Waals surface area contributed by atoms with Gasteiger partial charge >= 0.3 is 6.18 Å². The van der Waals surface area contributed by atoms with Crippen LogP contribution in [0.15, 0.2) is 18.2 Å². The third-order valence-electron chi connectivity index (χ3n) is 4.34. The molecule has 10 heteroatoms. The zero-order valence-electron chi connectivity index (χ0n) is 15.6. The molecule has 0 aliphatic heterocycles. The molecule has 3 rings (SSSR count). The number of halogens is 3. The van der Waals surface area contributed by atoms with Crippen molar-refractivity contribution in [2.24, 2.45) is 0 Å². The van der Waals surface area contributed by atoms with Crippen molar-refractivity contribution in [1.29, 1.82) is 0 Å². The SMILES string of the molecule is COc1cc(NC(=O)Cn2nc(C(F)(F)F)cc2C2CC2)cc(OC)c1OC. The number of carbonyl (C=O) groups is 1. The molecule has 2 aromatic rings. The molecular weight excluding hydrogens is 379 g/mol. The molecule has 0 atom stereocenters. The van der Waals surface area contributed by atoms with Gasteiger partial charge in [-0.2, -0.15) is 18.3 Å². The van der Waals surface area contributed by atoms with Gasteiger partial charge in [-0.15, -0.1) is 0 Å². The first-order valence-corrected chi connectivity index (χ1v) is 8.51. The van der Waals surface area contributed by atoms with Gasteiger partial charge < -0.3 is 19.5 Å². The van der Waals surface area contributed by atoms with E-state index in [1.807, 2.05) is 0 Å². The van der Waals surface area contributed by atoms with Crippen LogP contribution in [0.25, 0.3) is 0 Å². The molecule has 1 saturated carbocycles. The van der Waals surface area contributed by atoms with Crippen molar-refractivity contribution < 1.29 is 32.2 Å². The lowest BCUT2D eigenvalue weighted by Gasteiger charge is -2.15. The van der Waals surface area contributed by atoms with Crippen molar-refractivity contribution in [1.82, 2.24) is 9.78 Å². The summed E-state index contributed by atoms with van der Waals surface area (Å²) >= 11 is 0. The summed E-state index contributed by atoms with van der Waals surface area (Å²) in [4.78, 5) is 12.4. The number of hydrogen-bond acceptors (Lipinski definition) is 5. The summed E-state index contributed by atoms with van der Waals surface area (Å²) in [5, 5.41) is 6.21. The molecule has 0 bridgehead atoms. The Kier molecular flexibility index (Phi) is 5.39. The average Bonchev–Trinajstić information content (AvgIpc) is 3.40. The summed E-state index contributed by atoms with van der Waals surface area (Å²) in [5.41, 5.74) is -0.210. The van der Waals surface area contributed by atoms with Crippen LogP contribution in [0.1, 0.15) is 30.1 Å². The minimum absolute atomic E-state index is 0.0116. The zero-order valence-corrected chi connectivity index (χ0v) is 15.6. The van der Waals surface area contributed by atoms with E-state index in [1.54, 1.807) is 0 Å². The van der Waals surface area contributed by atoms with Crippen LogP contribution in [0.4, 0.5) is 18.9 Å². The van der Waals surface area contributed by atoms with Crippen LogP contribution in [0.2, 0.25) is 0 Å². The number of nitrogens with zero attached hydrogens (tertiary/aromatic N) is 2. The van der Waals surface area contributed by atoms with Gasteiger partial charge in [0.2, 0.25) is 11.7 Å². The van der Waals surface area contributed by atoms with Gasteiger partial charge in [0.05, 0.1) is 21.3 Å². The van der Waals surface area contributed by atoms with Crippen LogP contribution in [0.3, 0.4) is 0 Å². The molecule has 1 fully saturated rings. The molecule has 1 aliphatic carbocycles. The van der Waals surface area contributed by atoms with E-state index in [9.17, 15) is 18.0 Å². The number of carbonyl (C=O) groups excluding carboxylic acids is 1. The Morgan fingerprint density at radius 3 is 2.21 bits per heavy atom. The summed E-state index contributed by atoms with van der Waals surface area (Å²) in [5.74, 6) is 0.537. The fourth-order valence-corrected chi connectivity index (χ4v) is 2.89. The number of benzene rings is 1. The second kappa shape index (κ2) is 7.61. The molecule has 1 aromatic carbocycles. The highest BCUT2D eigenvalue weighted by Crippen LogP contribution is 2.42. The Bertz CT molecular complexity index is 850. The topological polar surface area (TPSA) is 74.6 Å². The van der Waals surface area contributed by atoms with Gasteiger partial charge in [0.25, 0.3) is 0 Å². The first kappa shape index (κ1) is 19.8. The van der Waals surface area contributed by atoms with Crippen LogP contribution in [0.5, 0.6) is 17.2 Å². The molecule has 1 amide bonds. The van der Waals surface area contributed by atoms with Crippen molar-refractivity contribution in [2.45, 2.75) is 31.5 Å². The maximum atomic E-state index is 13.0. The lowest BCUT2D eigenvalue weighted by atomic mass is 10.2. The van der Waals surface area contributed by atoms with E-state index in [-0.39, 0.29) is 12.5 Å². The minimum atomic E-state index is -4.55. The number of aromatic nitrogens is 2. The number of nitrogens with one attached hydrogen (secondary N) is 1. The molecule has 1 aliphatic rings. The normalized spacial score (nSPS) is 13.9. The Balaban J connectivity index is 1.80. The standard InChI is InChI=1S/C18H20F3N3O4/c1-26-13-6-11(7-14(27-2)17(13)28-3)22-16(25)9-24-12(10-4-5-10)8-15(23-24)18(19,20)21/h6-8,10H,4-5,9H2,1-3H3,(H,22,25). The van der Waals surface area contributed by atoms with Crippen LogP contribution in [-0.4, -0.2) is 37.0 Å². The quantitative estimate of drug-likeness (QED) is 0.772. The lowest BCUT2D eigenvalue weighted by Crippen LogP contribution is -2.21. The Morgan fingerprint density at radius 1 is 1.14 bits per heavy atom. The van der Waals surface area contributed by atoms with Crippen molar-refractivity contribution in [3.63, 3.8) is 0 Å². The Hall–Kier alpha value is -2.91. The van der Waals surface area contributed by atoms with Crippen LogP contribution in [-0.2, 0) is 17.5 Å². The number of rotatable bonds is 7. The predicted molar refractivity (Wildman–Crippen MR) is 93.9 cm³/mol. The number of methoxy groups -OCH3 is 3. The van der Waals surface area contributed by atoms with Gasteiger partial charge in [-0.25, -0.2) is 0 Å². The van der Waals surface area contributed by atoms with Crippen LogP contribution in [0, 0.1) is 0 Å². The molecule has 1 heterocycles. The van der Waals surface area contributed by atoms with Gasteiger partial charge in [-0.3, -0.25) is 9.48 Å². The minimum Gasteiger partial charge on any atom is -0.493 e. The van der Waals surface area contributed by atoms with E-state index in [0.29, 0.717) is 28.6 Å². The van der Waals surface area contributed by atoms with E-state index in [1.165, 1.54) is 33.5 Å². The van der Waals surface area contributed by atoms with Crippen molar-refractivity contribution >= 4 is 11.6 Å². The first-order valence-electron chi connectivity index (χ1n) is 8.51. The molecular formula is C18H20F3N3O4. The predicted octanol–water partition coefficient (Wildman–Crippen LogP) is 3.44. The summed E-state index contributed by atoms with van der Waals surface area (Å²) in [6, 6.07) is 4.08. The van der Waals surface area contributed by atoms with Gasteiger partial charge in [-0.1, -0.05) is 0 Å². The number of anilines is 1. The van der Waals surface area contributed by atoms with E-state index < -0.39 is 17.8 Å². The molecule has 152 valence electrons. The summed E-state index contributed by atoms with van der Waals surface area (Å²) in [6.07, 6.45) is -2.98. The van der Waals surface area contributed by atoms with Crippen LogP contribution < -0.4 is 19.5 Å². The molecule has 28 heavy (non-hydrogen) atoms. The highest BCUT2D eigenvalue weighted by Gasteiger charge is 2.38. The third kappa shape index (κ3) is 4.15. The third-order valence-corrected chi connectivity index (χ3v) is 4.34. The average molecular weight is 399 g/mol. The molecule has 1 N–H and O–H groups in total. The summed E-state index contributed by atoms with van der Waals surface area (Å²) in [6.45, 7) is -0.335. The van der Waals surface area contributed by atoms with E-state index in [4.69, 9.17) is 14.2 Å². The van der Waals surface area contributed by atoms with Gasteiger partial charge in [0.1, 0.15) is 6.54 Å². The van der Waals surface area contributed by atoms with E-state index >= 15 is 0 Å². The highest BCUT2D eigenvalue weighted by atomic mass is 19.4. The number of hydrogen-bond donors (Lipinski definition) is 1. The highest BCUT2D eigenvalue weighted by molar-refractivity contribution is 5.91. The largest absolute Gasteiger partial charge is 0.493 e. The summed E-state index contributed by atoms with van der Waals surface area (Å²) in [7, 11) is 4.33. The van der Waals surface area contributed by atoms with Crippen molar-refractivity contribution in [2.75, 3.05) is 26.6 Å². The smallest absolute Gasteiger partial charge is 0.435 e. The molecule has 0 spiro atoms. The fraction of sp³-hybridized carbons (Fsp3) is 0.444. The molecule has 1 aromatic heterocycles. The number of ether oxygens (including phenoxy) is 3. The monoisotopic (exact) mass is 399 g/mol. The Morgan fingerprint density at radius 2 is 1.75 bits per heavy atom. The maximum absolute atomic E-state index is 13.0. The number of amides is 1. The maximum Gasteiger partial charge on any atom is 0.435 e.